The fraction of sp³-hybridized carbons (Fsp3) is 0.706. The zero-order valence-electron chi connectivity index (χ0n) is 14.2. The monoisotopic (exact) mass is 321 g/mol. The van der Waals surface area contributed by atoms with Gasteiger partial charge in [-0.25, -0.2) is 0 Å². The summed E-state index contributed by atoms with van der Waals surface area (Å²) in [6, 6.07) is 3.97. The SMILES string of the molecule is Cc1ccc([C@H]2CN(CC(=O)N3C[C@@H](C)O[C@@H](C)C3)C[C@@H]2N)o1. The third kappa shape index (κ3) is 3.76. The van der Waals surface area contributed by atoms with Crippen molar-refractivity contribution in [2.75, 3.05) is 32.7 Å². The van der Waals surface area contributed by atoms with Gasteiger partial charge < -0.3 is 19.8 Å². The van der Waals surface area contributed by atoms with E-state index in [1.165, 1.54) is 0 Å². The smallest absolute Gasteiger partial charge is 0.236 e. The number of aryl methyl sites for hydroxylation is 1. The van der Waals surface area contributed by atoms with Gasteiger partial charge in [-0.2, -0.15) is 0 Å². The number of morpholine rings is 1. The second-order valence-electron chi connectivity index (χ2n) is 6.97. The lowest BCUT2D eigenvalue weighted by Gasteiger charge is -2.36. The number of rotatable bonds is 3. The van der Waals surface area contributed by atoms with Crippen molar-refractivity contribution in [2.24, 2.45) is 5.73 Å². The van der Waals surface area contributed by atoms with Crippen molar-refractivity contribution in [3.63, 3.8) is 0 Å². The lowest BCUT2D eigenvalue weighted by atomic mass is 10.0. The standard InChI is InChI=1S/C17H27N3O3/c1-11-4-5-16(23-11)14-8-19(9-15(14)18)10-17(21)20-6-12(2)22-13(3)7-20/h4-5,12-15H,6-10,18H2,1-3H3/t12-,13+,14-,15-/m0/s1. The second-order valence-corrected chi connectivity index (χ2v) is 6.97. The van der Waals surface area contributed by atoms with Gasteiger partial charge >= 0.3 is 0 Å². The third-order valence-electron chi connectivity index (χ3n) is 4.70. The third-order valence-corrected chi connectivity index (χ3v) is 4.70. The van der Waals surface area contributed by atoms with Gasteiger partial charge in [0.15, 0.2) is 0 Å². The lowest BCUT2D eigenvalue weighted by molar-refractivity contribution is -0.144. The zero-order chi connectivity index (χ0) is 16.6. The first-order chi connectivity index (χ1) is 10.9. The van der Waals surface area contributed by atoms with Crippen LogP contribution in [0.2, 0.25) is 0 Å². The van der Waals surface area contributed by atoms with E-state index in [9.17, 15) is 4.79 Å². The summed E-state index contributed by atoms with van der Waals surface area (Å²) < 4.78 is 11.4. The number of carbonyl (C=O) groups is 1. The lowest BCUT2D eigenvalue weighted by Crippen LogP contribution is -2.51. The molecular formula is C17H27N3O3. The highest BCUT2D eigenvalue weighted by Crippen LogP contribution is 2.28. The summed E-state index contributed by atoms with van der Waals surface area (Å²) in [5, 5.41) is 0. The van der Waals surface area contributed by atoms with E-state index in [4.69, 9.17) is 14.9 Å². The molecule has 0 saturated carbocycles. The van der Waals surface area contributed by atoms with E-state index in [1.807, 2.05) is 37.8 Å². The van der Waals surface area contributed by atoms with Gasteiger partial charge in [-0.15, -0.1) is 0 Å². The Labute approximate surface area is 137 Å². The van der Waals surface area contributed by atoms with Gasteiger partial charge in [0.2, 0.25) is 5.91 Å². The molecule has 1 aromatic rings. The fourth-order valence-corrected chi connectivity index (χ4v) is 3.67. The average Bonchev–Trinajstić information content (AvgIpc) is 3.03. The van der Waals surface area contributed by atoms with Crippen LogP contribution in [0.15, 0.2) is 16.5 Å². The number of amides is 1. The number of hydrogen-bond donors (Lipinski definition) is 1. The Bertz CT molecular complexity index is 549. The number of carbonyl (C=O) groups excluding carboxylic acids is 1. The van der Waals surface area contributed by atoms with Crippen LogP contribution in [-0.2, 0) is 9.53 Å². The summed E-state index contributed by atoms with van der Waals surface area (Å²) in [4.78, 5) is 16.6. The number of furan rings is 1. The Kier molecular flexibility index (Phi) is 4.75. The Morgan fingerprint density at radius 1 is 1.22 bits per heavy atom. The average molecular weight is 321 g/mol. The number of ether oxygens (including phenoxy) is 1. The molecule has 2 N–H and O–H groups in total. The van der Waals surface area contributed by atoms with Crippen LogP contribution in [0.25, 0.3) is 0 Å². The van der Waals surface area contributed by atoms with Crippen molar-refractivity contribution >= 4 is 5.91 Å². The van der Waals surface area contributed by atoms with E-state index in [2.05, 4.69) is 4.90 Å². The van der Waals surface area contributed by atoms with Crippen molar-refractivity contribution in [2.45, 2.75) is 44.9 Å². The maximum absolute atomic E-state index is 12.6. The van der Waals surface area contributed by atoms with Crippen molar-refractivity contribution in [1.29, 1.82) is 0 Å². The molecule has 23 heavy (non-hydrogen) atoms. The molecular weight excluding hydrogens is 294 g/mol. The minimum absolute atomic E-state index is 0.0101. The van der Waals surface area contributed by atoms with Gasteiger partial charge in [0.25, 0.3) is 0 Å². The number of hydrogen-bond acceptors (Lipinski definition) is 5. The first-order valence-electron chi connectivity index (χ1n) is 8.40. The Morgan fingerprint density at radius 2 is 1.91 bits per heavy atom. The van der Waals surface area contributed by atoms with E-state index in [-0.39, 0.29) is 30.1 Å². The largest absolute Gasteiger partial charge is 0.466 e. The molecule has 4 atom stereocenters. The molecule has 3 rings (SSSR count). The van der Waals surface area contributed by atoms with Crippen molar-refractivity contribution < 1.29 is 13.9 Å². The predicted molar refractivity (Wildman–Crippen MR) is 87.2 cm³/mol. The molecule has 0 unspecified atom stereocenters. The molecule has 0 bridgehead atoms. The molecule has 2 aliphatic rings. The van der Waals surface area contributed by atoms with Crippen LogP contribution in [0.5, 0.6) is 0 Å². The maximum atomic E-state index is 12.6. The van der Waals surface area contributed by atoms with Gasteiger partial charge in [0.05, 0.1) is 18.8 Å². The minimum atomic E-state index is 0.0101. The summed E-state index contributed by atoms with van der Waals surface area (Å²) in [6.07, 6.45) is 0.199. The first-order valence-corrected chi connectivity index (χ1v) is 8.40. The number of nitrogens with zero attached hydrogens (tertiary/aromatic N) is 2. The number of nitrogens with two attached hydrogens (primary N) is 1. The van der Waals surface area contributed by atoms with Crippen LogP contribution < -0.4 is 5.73 Å². The van der Waals surface area contributed by atoms with E-state index < -0.39 is 0 Å². The minimum Gasteiger partial charge on any atom is -0.466 e. The molecule has 128 valence electrons. The van der Waals surface area contributed by atoms with E-state index >= 15 is 0 Å². The summed E-state index contributed by atoms with van der Waals surface area (Å²) in [7, 11) is 0. The molecule has 0 spiro atoms. The van der Waals surface area contributed by atoms with Gasteiger partial charge in [-0.1, -0.05) is 0 Å². The maximum Gasteiger partial charge on any atom is 0.236 e. The van der Waals surface area contributed by atoms with Crippen LogP contribution in [0.1, 0.15) is 31.3 Å². The highest BCUT2D eigenvalue weighted by molar-refractivity contribution is 5.78. The first kappa shape index (κ1) is 16.5. The van der Waals surface area contributed by atoms with E-state index in [0.717, 1.165) is 24.6 Å². The molecule has 3 heterocycles. The second kappa shape index (κ2) is 6.63. The predicted octanol–water partition coefficient (Wildman–Crippen LogP) is 0.950. The van der Waals surface area contributed by atoms with E-state index in [1.54, 1.807) is 0 Å². The highest BCUT2D eigenvalue weighted by Gasteiger charge is 2.35. The molecule has 2 fully saturated rings. The van der Waals surface area contributed by atoms with Crippen LogP contribution in [0.3, 0.4) is 0 Å². The quantitative estimate of drug-likeness (QED) is 0.897. The van der Waals surface area contributed by atoms with Gasteiger partial charge in [-0.05, 0) is 32.9 Å². The fourth-order valence-electron chi connectivity index (χ4n) is 3.67. The van der Waals surface area contributed by atoms with Crippen LogP contribution in [0, 0.1) is 6.92 Å². The van der Waals surface area contributed by atoms with Crippen LogP contribution in [-0.4, -0.2) is 66.7 Å². The molecule has 1 amide bonds. The van der Waals surface area contributed by atoms with Crippen LogP contribution in [0.4, 0.5) is 0 Å². The molecule has 2 aliphatic heterocycles. The van der Waals surface area contributed by atoms with Gasteiger partial charge in [-0.3, -0.25) is 9.69 Å². The van der Waals surface area contributed by atoms with Gasteiger partial charge in [0.1, 0.15) is 11.5 Å². The molecule has 0 radical (unpaired) electrons. The van der Waals surface area contributed by atoms with Crippen LogP contribution >= 0.6 is 0 Å². The molecule has 0 aromatic carbocycles. The summed E-state index contributed by atoms with van der Waals surface area (Å²) in [5.41, 5.74) is 6.26. The summed E-state index contributed by atoms with van der Waals surface area (Å²) in [6.45, 7) is 9.22. The Morgan fingerprint density at radius 3 is 2.52 bits per heavy atom. The van der Waals surface area contributed by atoms with E-state index in [0.29, 0.717) is 19.6 Å². The Hall–Kier alpha value is -1.37. The normalized spacial score (nSPS) is 32.4. The van der Waals surface area contributed by atoms with Gasteiger partial charge in [0, 0.05) is 38.1 Å². The van der Waals surface area contributed by atoms with Crippen molar-refractivity contribution in [3.8, 4) is 0 Å². The van der Waals surface area contributed by atoms with Crippen molar-refractivity contribution in [3.05, 3.63) is 23.7 Å². The molecule has 6 nitrogen and oxygen atoms in total. The molecule has 0 aliphatic carbocycles. The zero-order valence-corrected chi connectivity index (χ0v) is 14.2. The Balaban J connectivity index is 1.57. The van der Waals surface area contributed by atoms with Crippen molar-refractivity contribution in [1.82, 2.24) is 9.80 Å². The highest BCUT2D eigenvalue weighted by atomic mass is 16.5. The number of likely N-dealkylation sites (tertiary alicyclic amines) is 1. The molecule has 2 saturated heterocycles. The summed E-state index contributed by atoms with van der Waals surface area (Å²) in [5.74, 6) is 2.16. The summed E-state index contributed by atoms with van der Waals surface area (Å²) >= 11 is 0. The molecule has 1 aromatic heterocycles. The topological polar surface area (TPSA) is 71.9 Å². The molecule has 6 heteroatoms.